The van der Waals surface area contributed by atoms with Crippen LogP contribution in [0.25, 0.3) is 0 Å². The topological polar surface area (TPSA) is 94.3 Å². The quantitative estimate of drug-likeness (QED) is 0.802. The zero-order chi connectivity index (χ0) is 14.6. The average molecular weight is 334 g/mol. The summed E-state index contributed by atoms with van der Waals surface area (Å²) in [5, 5.41) is 4.96. The van der Waals surface area contributed by atoms with Gasteiger partial charge in [-0.05, 0) is 19.8 Å². The Kier molecular flexibility index (Phi) is 6.57. The Morgan fingerprint density at radius 3 is 2.76 bits per heavy atom. The lowest BCUT2D eigenvalue weighted by atomic mass is 9.98. The average Bonchev–Trinajstić information content (AvgIpc) is 3.00. The number of amides is 1. The van der Waals surface area contributed by atoms with Crippen molar-refractivity contribution in [1.82, 2.24) is 4.98 Å². The van der Waals surface area contributed by atoms with E-state index >= 15 is 0 Å². The van der Waals surface area contributed by atoms with Crippen LogP contribution < -0.4 is 11.1 Å². The van der Waals surface area contributed by atoms with Gasteiger partial charge < -0.3 is 15.8 Å². The molecule has 2 rings (SSSR count). The van der Waals surface area contributed by atoms with Crippen molar-refractivity contribution in [1.29, 1.82) is 0 Å². The summed E-state index contributed by atoms with van der Waals surface area (Å²) in [6.45, 7) is 2.11. The molecule has 1 aliphatic carbocycles. The number of ether oxygens (including phenoxy) is 1. The first-order valence-corrected chi connectivity index (χ1v) is 7.62. The zero-order valence-corrected chi connectivity index (χ0v) is 13.5. The number of nitrogens with zero attached hydrogens (tertiary/aromatic N) is 1. The van der Waals surface area contributed by atoms with E-state index in [1.165, 1.54) is 11.3 Å². The summed E-state index contributed by atoms with van der Waals surface area (Å²) >= 11 is 1.29. The maximum atomic E-state index is 12.1. The molecule has 6 nitrogen and oxygen atoms in total. The number of rotatable bonds is 5. The number of carbonyl (C=O) groups is 2. The molecule has 0 spiro atoms. The first-order valence-electron chi connectivity index (χ1n) is 6.74. The van der Waals surface area contributed by atoms with Crippen LogP contribution in [0.4, 0.5) is 5.13 Å². The number of hydrogen-bond donors (Lipinski definition) is 2. The van der Waals surface area contributed by atoms with E-state index in [9.17, 15) is 9.59 Å². The van der Waals surface area contributed by atoms with E-state index in [4.69, 9.17) is 10.5 Å². The van der Waals surface area contributed by atoms with Gasteiger partial charge in [0.25, 0.3) is 0 Å². The molecule has 1 amide bonds. The number of carbonyl (C=O) groups excluding carboxylic acids is 2. The second-order valence-corrected chi connectivity index (χ2v) is 5.80. The largest absolute Gasteiger partial charge is 0.466 e. The van der Waals surface area contributed by atoms with Crippen LogP contribution in [0.15, 0.2) is 5.38 Å². The highest BCUT2D eigenvalue weighted by Crippen LogP contribution is 2.29. The number of thiazole rings is 1. The molecule has 8 heteroatoms. The molecule has 0 radical (unpaired) electrons. The summed E-state index contributed by atoms with van der Waals surface area (Å²) in [6, 6.07) is 0. The van der Waals surface area contributed by atoms with Gasteiger partial charge in [-0.3, -0.25) is 9.59 Å². The Balaban J connectivity index is 0.00000220. The van der Waals surface area contributed by atoms with Crippen molar-refractivity contribution < 1.29 is 14.3 Å². The number of anilines is 1. The summed E-state index contributed by atoms with van der Waals surface area (Å²) in [5.41, 5.74) is 5.90. The van der Waals surface area contributed by atoms with E-state index in [-0.39, 0.29) is 30.7 Å². The lowest BCUT2D eigenvalue weighted by Crippen LogP contribution is -2.48. The van der Waals surface area contributed by atoms with E-state index in [1.54, 1.807) is 12.3 Å². The summed E-state index contributed by atoms with van der Waals surface area (Å²) in [4.78, 5) is 27.7. The van der Waals surface area contributed by atoms with Gasteiger partial charge >= 0.3 is 5.97 Å². The molecule has 1 aliphatic rings. The lowest BCUT2D eigenvalue weighted by Gasteiger charge is -2.21. The first kappa shape index (κ1) is 17.9. The van der Waals surface area contributed by atoms with Crippen molar-refractivity contribution >= 4 is 40.8 Å². The van der Waals surface area contributed by atoms with Crippen LogP contribution in [-0.2, 0) is 20.7 Å². The van der Waals surface area contributed by atoms with Crippen molar-refractivity contribution in [2.45, 2.75) is 44.6 Å². The Bertz CT molecular complexity index is 501. The SMILES string of the molecule is CCOC(=O)Cc1csc(NC(=O)C2(N)CCCC2)n1.Cl. The van der Waals surface area contributed by atoms with Crippen molar-refractivity contribution in [3.05, 3.63) is 11.1 Å². The summed E-state index contributed by atoms with van der Waals surface area (Å²) in [6.07, 6.45) is 3.50. The number of esters is 1. The van der Waals surface area contributed by atoms with Gasteiger partial charge in [0.15, 0.2) is 5.13 Å². The number of halogens is 1. The maximum absolute atomic E-state index is 12.1. The molecule has 3 N–H and O–H groups in total. The third kappa shape index (κ3) is 4.66. The standard InChI is InChI=1S/C13H19N3O3S.ClH/c1-2-19-10(17)7-9-8-20-12(15-9)16-11(18)13(14)5-3-4-6-13;/h8H,2-7,14H2,1H3,(H,15,16,18);1H. The first-order chi connectivity index (χ1) is 9.53. The Morgan fingerprint density at radius 2 is 2.14 bits per heavy atom. The van der Waals surface area contributed by atoms with Crippen LogP contribution in [0.2, 0.25) is 0 Å². The summed E-state index contributed by atoms with van der Waals surface area (Å²) in [7, 11) is 0. The van der Waals surface area contributed by atoms with Gasteiger partial charge in [0.2, 0.25) is 5.91 Å². The molecule has 0 bridgehead atoms. The smallest absolute Gasteiger partial charge is 0.311 e. The molecule has 1 aromatic rings. The van der Waals surface area contributed by atoms with Crippen LogP contribution in [0.1, 0.15) is 38.3 Å². The third-order valence-corrected chi connectivity index (χ3v) is 4.16. The summed E-state index contributed by atoms with van der Waals surface area (Å²) < 4.78 is 4.85. The molecule has 0 atom stereocenters. The number of nitrogens with one attached hydrogen (secondary N) is 1. The van der Waals surface area contributed by atoms with Gasteiger partial charge in [-0.2, -0.15) is 0 Å². The second-order valence-electron chi connectivity index (χ2n) is 4.94. The fourth-order valence-corrected chi connectivity index (χ4v) is 2.97. The van der Waals surface area contributed by atoms with Gasteiger partial charge in [-0.15, -0.1) is 23.7 Å². The molecular weight excluding hydrogens is 314 g/mol. The van der Waals surface area contributed by atoms with Crippen molar-refractivity contribution in [2.75, 3.05) is 11.9 Å². The van der Waals surface area contributed by atoms with Crippen LogP contribution in [0.3, 0.4) is 0 Å². The molecule has 0 aliphatic heterocycles. The normalized spacial score (nSPS) is 16.1. The Labute approximate surface area is 133 Å². The van der Waals surface area contributed by atoms with E-state index < -0.39 is 5.54 Å². The monoisotopic (exact) mass is 333 g/mol. The maximum Gasteiger partial charge on any atom is 0.311 e. The molecule has 0 unspecified atom stereocenters. The molecule has 1 fully saturated rings. The second kappa shape index (κ2) is 7.72. The van der Waals surface area contributed by atoms with Crippen LogP contribution in [-0.4, -0.2) is 29.0 Å². The molecular formula is C13H20ClN3O3S. The number of nitrogens with two attached hydrogens (primary N) is 1. The molecule has 1 saturated carbocycles. The summed E-state index contributed by atoms with van der Waals surface area (Å²) in [5.74, 6) is -0.506. The van der Waals surface area contributed by atoms with Crippen LogP contribution in [0, 0.1) is 0 Å². The van der Waals surface area contributed by atoms with Crippen LogP contribution in [0.5, 0.6) is 0 Å². The lowest BCUT2D eigenvalue weighted by molar-refractivity contribution is -0.142. The van der Waals surface area contributed by atoms with Crippen molar-refractivity contribution in [3.63, 3.8) is 0 Å². The van der Waals surface area contributed by atoms with Gasteiger partial charge in [-0.1, -0.05) is 12.8 Å². The fourth-order valence-electron chi connectivity index (χ4n) is 2.26. The molecule has 1 heterocycles. The van der Waals surface area contributed by atoms with Crippen molar-refractivity contribution in [3.8, 4) is 0 Å². The minimum Gasteiger partial charge on any atom is -0.466 e. The Hall–Kier alpha value is -1.18. The highest BCUT2D eigenvalue weighted by Gasteiger charge is 2.37. The minimum atomic E-state index is -0.771. The number of hydrogen-bond acceptors (Lipinski definition) is 6. The predicted octanol–water partition coefficient (Wildman–Crippen LogP) is 1.88. The molecule has 1 aromatic heterocycles. The number of aromatic nitrogens is 1. The van der Waals surface area contributed by atoms with E-state index in [0.717, 1.165) is 12.8 Å². The molecule has 21 heavy (non-hydrogen) atoms. The highest BCUT2D eigenvalue weighted by molar-refractivity contribution is 7.13. The van der Waals surface area contributed by atoms with Gasteiger partial charge in [0.05, 0.1) is 24.3 Å². The Morgan fingerprint density at radius 1 is 1.48 bits per heavy atom. The van der Waals surface area contributed by atoms with E-state index in [1.807, 2.05) is 0 Å². The van der Waals surface area contributed by atoms with Gasteiger partial charge in [0.1, 0.15) is 0 Å². The highest BCUT2D eigenvalue weighted by atomic mass is 35.5. The van der Waals surface area contributed by atoms with E-state index in [0.29, 0.717) is 30.3 Å². The predicted molar refractivity (Wildman–Crippen MR) is 83.7 cm³/mol. The molecule has 118 valence electrons. The molecule has 0 aromatic carbocycles. The van der Waals surface area contributed by atoms with E-state index in [2.05, 4.69) is 10.3 Å². The zero-order valence-electron chi connectivity index (χ0n) is 11.9. The fraction of sp³-hybridized carbons (Fsp3) is 0.615. The minimum absolute atomic E-state index is 0. The third-order valence-electron chi connectivity index (χ3n) is 3.35. The molecule has 0 saturated heterocycles. The van der Waals surface area contributed by atoms with Gasteiger partial charge in [0, 0.05) is 5.38 Å². The van der Waals surface area contributed by atoms with Crippen molar-refractivity contribution in [2.24, 2.45) is 5.73 Å². The van der Waals surface area contributed by atoms with Gasteiger partial charge in [-0.25, -0.2) is 4.98 Å². The van der Waals surface area contributed by atoms with Crippen LogP contribution >= 0.6 is 23.7 Å².